The molecule has 130 valence electrons. The van der Waals surface area contributed by atoms with Crippen molar-refractivity contribution in [3.63, 3.8) is 0 Å². The van der Waals surface area contributed by atoms with Gasteiger partial charge in [0.25, 0.3) is 0 Å². The lowest BCUT2D eigenvalue weighted by Crippen LogP contribution is -2.18. The van der Waals surface area contributed by atoms with E-state index in [1.807, 2.05) is 0 Å². The Morgan fingerprint density at radius 3 is 2.80 bits per heavy atom. The normalized spacial score (nSPS) is 10.3. The molecule has 2 aromatic rings. The molecule has 1 aromatic carbocycles. The number of carbonyl (C=O) groups excluding carboxylic acids is 2. The zero-order valence-corrected chi connectivity index (χ0v) is 13.8. The van der Waals surface area contributed by atoms with Gasteiger partial charge < -0.3 is 14.2 Å². The number of hydrazone groups is 1. The van der Waals surface area contributed by atoms with E-state index >= 15 is 0 Å². The quantitative estimate of drug-likeness (QED) is 0.374. The van der Waals surface area contributed by atoms with Crippen LogP contribution in [0.15, 0.2) is 47.8 Å². The molecular weight excluding hydrogens is 326 g/mol. The van der Waals surface area contributed by atoms with E-state index < -0.39 is 12.1 Å². The van der Waals surface area contributed by atoms with Gasteiger partial charge in [-0.2, -0.15) is 5.10 Å². The number of aromatic nitrogens is 1. The van der Waals surface area contributed by atoms with Gasteiger partial charge in [0.15, 0.2) is 11.5 Å². The van der Waals surface area contributed by atoms with Gasteiger partial charge in [0, 0.05) is 12.4 Å². The third-order valence-corrected chi connectivity index (χ3v) is 2.93. The summed E-state index contributed by atoms with van der Waals surface area (Å²) in [6.45, 7) is 1.95. The molecule has 8 heteroatoms. The van der Waals surface area contributed by atoms with Crippen LogP contribution in [0.2, 0.25) is 0 Å². The van der Waals surface area contributed by atoms with Crippen LogP contribution < -0.4 is 14.9 Å². The molecule has 0 saturated heterocycles. The lowest BCUT2D eigenvalue weighted by Gasteiger charge is -2.09. The van der Waals surface area contributed by atoms with Crippen molar-refractivity contribution in [1.82, 2.24) is 10.4 Å². The summed E-state index contributed by atoms with van der Waals surface area (Å²) in [6.07, 6.45) is 3.74. The van der Waals surface area contributed by atoms with Crippen LogP contribution in [0.1, 0.15) is 22.8 Å². The molecule has 0 spiro atoms. The predicted molar refractivity (Wildman–Crippen MR) is 89.9 cm³/mol. The highest BCUT2D eigenvalue weighted by atomic mass is 16.6. The largest absolute Gasteiger partial charge is 0.493 e. The summed E-state index contributed by atoms with van der Waals surface area (Å²) in [4.78, 5) is 27.1. The Morgan fingerprint density at radius 1 is 1.28 bits per heavy atom. The number of ether oxygens (including phenoxy) is 3. The molecule has 1 N–H and O–H groups in total. The Bertz CT molecular complexity index is 762. The summed E-state index contributed by atoms with van der Waals surface area (Å²) in [7, 11) is 1.45. The van der Waals surface area contributed by atoms with Crippen LogP contribution in [0.5, 0.6) is 11.5 Å². The zero-order chi connectivity index (χ0) is 18.1. The molecule has 8 nitrogen and oxygen atoms in total. The number of methoxy groups -OCH3 is 1. The molecule has 1 amide bonds. The molecule has 0 saturated carbocycles. The number of benzene rings is 1. The third kappa shape index (κ3) is 5.31. The Kier molecular flexibility index (Phi) is 6.47. The number of nitrogens with zero attached hydrogens (tertiary/aromatic N) is 2. The van der Waals surface area contributed by atoms with Crippen LogP contribution >= 0.6 is 0 Å². The van der Waals surface area contributed by atoms with Crippen molar-refractivity contribution in [2.24, 2.45) is 5.10 Å². The minimum absolute atomic E-state index is 0.256. The molecular formula is C17H17N3O5. The Hall–Kier alpha value is -3.42. The first-order valence-corrected chi connectivity index (χ1v) is 7.40. The number of amides is 1. The fourth-order valence-electron chi connectivity index (χ4n) is 1.81. The van der Waals surface area contributed by atoms with Crippen LogP contribution in [0, 0.1) is 0 Å². The lowest BCUT2D eigenvalue weighted by molar-refractivity contribution is 0.0729. The zero-order valence-electron chi connectivity index (χ0n) is 13.8. The second-order valence-corrected chi connectivity index (χ2v) is 4.63. The van der Waals surface area contributed by atoms with Crippen LogP contribution in [0.25, 0.3) is 0 Å². The highest BCUT2D eigenvalue weighted by Crippen LogP contribution is 2.28. The minimum Gasteiger partial charge on any atom is -0.493 e. The fourth-order valence-corrected chi connectivity index (χ4v) is 1.81. The summed E-state index contributed by atoms with van der Waals surface area (Å²) in [5.74, 6) is 0.0565. The lowest BCUT2D eigenvalue weighted by atomic mass is 10.2. The van der Waals surface area contributed by atoms with Gasteiger partial charge in [0.1, 0.15) is 0 Å². The molecule has 25 heavy (non-hydrogen) atoms. The Balaban J connectivity index is 2.07. The maximum absolute atomic E-state index is 12.1. The number of pyridine rings is 1. The second-order valence-electron chi connectivity index (χ2n) is 4.63. The van der Waals surface area contributed by atoms with Crippen molar-refractivity contribution in [3.8, 4) is 11.5 Å². The summed E-state index contributed by atoms with van der Waals surface area (Å²) < 4.78 is 15.2. The topological polar surface area (TPSA) is 99.1 Å². The van der Waals surface area contributed by atoms with Gasteiger partial charge in [-0.3, -0.25) is 4.98 Å². The molecule has 1 heterocycles. The molecule has 0 aliphatic heterocycles. The van der Waals surface area contributed by atoms with E-state index in [1.54, 1.807) is 43.5 Å². The predicted octanol–water partition coefficient (Wildman–Crippen LogP) is 2.39. The van der Waals surface area contributed by atoms with Gasteiger partial charge in [-0.1, -0.05) is 0 Å². The Morgan fingerprint density at radius 2 is 2.12 bits per heavy atom. The molecule has 0 aliphatic carbocycles. The highest BCUT2D eigenvalue weighted by Gasteiger charge is 2.12. The number of hydrogen-bond acceptors (Lipinski definition) is 7. The molecule has 0 unspecified atom stereocenters. The monoisotopic (exact) mass is 343 g/mol. The van der Waals surface area contributed by atoms with Crippen molar-refractivity contribution in [3.05, 3.63) is 53.9 Å². The number of nitrogens with one attached hydrogen (secondary N) is 1. The standard InChI is InChI=1S/C17H17N3O5/c1-3-24-17(22)20-19-10-12-6-7-14(15(9-12)23-2)25-16(21)13-5-4-8-18-11-13/h4-11H,3H2,1-2H3,(H,20,22)/b19-10-. The number of carbonyl (C=O) groups is 2. The van der Waals surface area contributed by atoms with Crippen molar-refractivity contribution >= 4 is 18.3 Å². The van der Waals surface area contributed by atoms with E-state index in [0.29, 0.717) is 16.9 Å². The van der Waals surface area contributed by atoms with E-state index in [2.05, 4.69) is 20.2 Å². The van der Waals surface area contributed by atoms with Crippen LogP contribution in [-0.4, -0.2) is 37.0 Å². The third-order valence-electron chi connectivity index (χ3n) is 2.93. The first-order chi connectivity index (χ1) is 12.1. The van der Waals surface area contributed by atoms with Gasteiger partial charge in [-0.05, 0) is 42.8 Å². The second kappa shape index (κ2) is 9.02. The molecule has 0 bridgehead atoms. The average Bonchev–Trinajstić information content (AvgIpc) is 2.63. The smallest absolute Gasteiger partial charge is 0.427 e. The molecule has 0 radical (unpaired) electrons. The first kappa shape index (κ1) is 17.9. The van der Waals surface area contributed by atoms with Crippen LogP contribution in [-0.2, 0) is 4.74 Å². The summed E-state index contributed by atoms with van der Waals surface area (Å²) >= 11 is 0. The number of esters is 1. The van der Waals surface area contributed by atoms with Crippen molar-refractivity contribution in [1.29, 1.82) is 0 Å². The highest BCUT2D eigenvalue weighted by molar-refractivity contribution is 5.91. The Labute approximate surface area is 144 Å². The molecule has 1 aromatic heterocycles. The van der Waals surface area contributed by atoms with Gasteiger partial charge in [0.2, 0.25) is 0 Å². The summed E-state index contributed by atoms with van der Waals surface area (Å²) in [6, 6.07) is 8.08. The maximum atomic E-state index is 12.1. The van der Waals surface area contributed by atoms with Gasteiger partial charge in [-0.25, -0.2) is 15.0 Å². The van der Waals surface area contributed by atoms with Gasteiger partial charge in [-0.15, -0.1) is 0 Å². The number of rotatable bonds is 6. The molecule has 0 fully saturated rings. The molecule has 0 atom stereocenters. The van der Waals surface area contributed by atoms with Crippen molar-refractivity contribution < 1.29 is 23.8 Å². The van der Waals surface area contributed by atoms with E-state index in [4.69, 9.17) is 9.47 Å². The maximum Gasteiger partial charge on any atom is 0.427 e. The van der Waals surface area contributed by atoms with Gasteiger partial charge >= 0.3 is 12.1 Å². The number of hydrogen-bond donors (Lipinski definition) is 1. The van der Waals surface area contributed by atoms with E-state index in [9.17, 15) is 9.59 Å². The molecule has 2 rings (SSSR count). The first-order valence-electron chi connectivity index (χ1n) is 7.40. The van der Waals surface area contributed by atoms with Crippen molar-refractivity contribution in [2.75, 3.05) is 13.7 Å². The van der Waals surface area contributed by atoms with Gasteiger partial charge in [0.05, 0.1) is 25.5 Å². The van der Waals surface area contributed by atoms with Crippen LogP contribution in [0.3, 0.4) is 0 Å². The van der Waals surface area contributed by atoms with E-state index in [-0.39, 0.29) is 12.4 Å². The van der Waals surface area contributed by atoms with E-state index in [1.165, 1.54) is 19.5 Å². The van der Waals surface area contributed by atoms with Crippen molar-refractivity contribution in [2.45, 2.75) is 6.92 Å². The molecule has 0 aliphatic rings. The summed E-state index contributed by atoms with van der Waals surface area (Å²) in [5.41, 5.74) is 3.17. The minimum atomic E-state index is -0.646. The average molecular weight is 343 g/mol. The summed E-state index contributed by atoms with van der Waals surface area (Å²) in [5, 5.41) is 3.75. The van der Waals surface area contributed by atoms with Crippen LogP contribution in [0.4, 0.5) is 4.79 Å². The SMILES string of the molecule is CCOC(=O)N/N=C\c1ccc(OC(=O)c2cccnc2)c(OC)c1. The van der Waals surface area contributed by atoms with E-state index in [0.717, 1.165) is 0 Å². The fraction of sp³-hybridized carbons (Fsp3) is 0.176.